The van der Waals surface area contributed by atoms with Gasteiger partial charge in [-0.2, -0.15) is 0 Å². The van der Waals surface area contributed by atoms with E-state index in [4.69, 9.17) is 39.8 Å². The standard InChI is InChI=1S/C23H17Cl2N3O2S/c1-2-13-6-9-20-19(10-13)27-22(30-20)14-4-3-5-16(11-14)26-23(31)28-21(29)17-8-7-15(24)12-18(17)25/h3-12H,2H2,1H3,(H2,26,28,29,31). The van der Waals surface area contributed by atoms with Gasteiger partial charge in [-0.25, -0.2) is 4.98 Å². The third kappa shape index (κ3) is 4.88. The van der Waals surface area contributed by atoms with Crippen molar-refractivity contribution < 1.29 is 9.21 Å². The van der Waals surface area contributed by atoms with Crippen molar-refractivity contribution in [1.29, 1.82) is 0 Å². The van der Waals surface area contributed by atoms with Crippen LogP contribution in [0.15, 0.2) is 65.1 Å². The molecule has 1 heterocycles. The van der Waals surface area contributed by atoms with Gasteiger partial charge in [-0.15, -0.1) is 0 Å². The Kier molecular flexibility index (Phi) is 6.23. The largest absolute Gasteiger partial charge is 0.436 e. The summed E-state index contributed by atoms with van der Waals surface area (Å²) in [5.41, 5.74) is 4.49. The summed E-state index contributed by atoms with van der Waals surface area (Å²) in [6, 6.07) is 18.0. The molecule has 1 aromatic heterocycles. The summed E-state index contributed by atoms with van der Waals surface area (Å²) < 4.78 is 5.89. The molecule has 0 aliphatic carbocycles. The molecule has 1 amide bonds. The van der Waals surface area contributed by atoms with Crippen LogP contribution >= 0.6 is 35.4 Å². The highest BCUT2D eigenvalue weighted by Crippen LogP contribution is 2.27. The molecule has 2 N–H and O–H groups in total. The maximum absolute atomic E-state index is 12.4. The highest BCUT2D eigenvalue weighted by atomic mass is 35.5. The number of halogens is 2. The van der Waals surface area contributed by atoms with Crippen molar-refractivity contribution in [2.45, 2.75) is 13.3 Å². The Morgan fingerprint density at radius 3 is 2.71 bits per heavy atom. The molecule has 0 bridgehead atoms. The number of nitrogens with one attached hydrogen (secondary N) is 2. The molecule has 4 aromatic rings. The number of aryl methyl sites for hydroxylation is 1. The number of thiocarbonyl (C=S) groups is 1. The molecule has 0 radical (unpaired) electrons. The second-order valence-electron chi connectivity index (χ2n) is 6.79. The van der Waals surface area contributed by atoms with Gasteiger partial charge in [-0.05, 0) is 72.7 Å². The first kappa shape index (κ1) is 21.3. The highest BCUT2D eigenvalue weighted by molar-refractivity contribution is 7.80. The van der Waals surface area contributed by atoms with Crippen molar-refractivity contribution in [3.05, 3.63) is 81.8 Å². The minimum absolute atomic E-state index is 0.137. The molecule has 0 saturated heterocycles. The van der Waals surface area contributed by atoms with Gasteiger partial charge in [-0.1, -0.05) is 42.3 Å². The molecular weight excluding hydrogens is 453 g/mol. The SMILES string of the molecule is CCc1ccc2oc(-c3cccc(NC(=S)NC(=O)c4ccc(Cl)cc4Cl)c3)nc2c1. The Bertz CT molecular complexity index is 1300. The lowest BCUT2D eigenvalue weighted by Gasteiger charge is -2.11. The summed E-state index contributed by atoms with van der Waals surface area (Å²) in [7, 11) is 0. The van der Waals surface area contributed by atoms with Crippen LogP contribution in [0.2, 0.25) is 10.0 Å². The van der Waals surface area contributed by atoms with E-state index in [1.165, 1.54) is 11.6 Å². The molecular formula is C23H17Cl2N3O2S. The van der Waals surface area contributed by atoms with E-state index >= 15 is 0 Å². The average Bonchev–Trinajstić information content (AvgIpc) is 3.17. The number of fused-ring (bicyclic) bond motifs is 1. The summed E-state index contributed by atoms with van der Waals surface area (Å²) in [6.45, 7) is 2.10. The molecule has 156 valence electrons. The molecule has 8 heteroatoms. The van der Waals surface area contributed by atoms with Crippen LogP contribution in [0.3, 0.4) is 0 Å². The molecule has 0 atom stereocenters. The number of anilines is 1. The number of amides is 1. The van der Waals surface area contributed by atoms with Gasteiger partial charge in [-0.3, -0.25) is 10.1 Å². The molecule has 0 fully saturated rings. The third-order valence-corrected chi connectivity index (χ3v) is 5.38. The van der Waals surface area contributed by atoms with Crippen LogP contribution in [-0.4, -0.2) is 16.0 Å². The van der Waals surface area contributed by atoms with Crippen LogP contribution in [0.1, 0.15) is 22.8 Å². The van der Waals surface area contributed by atoms with E-state index < -0.39 is 5.91 Å². The number of benzene rings is 3. The van der Waals surface area contributed by atoms with Gasteiger partial charge in [0.05, 0.1) is 10.6 Å². The first-order chi connectivity index (χ1) is 14.9. The molecule has 0 aliphatic rings. The minimum Gasteiger partial charge on any atom is -0.436 e. The summed E-state index contributed by atoms with van der Waals surface area (Å²) in [5, 5.41) is 6.44. The van der Waals surface area contributed by atoms with Gasteiger partial charge in [0.15, 0.2) is 10.7 Å². The lowest BCUT2D eigenvalue weighted by molar-refractivity contribution is 0.0978. The fourth-order valence-corrected chi connectivity index (χ4v) is 3.76. The molecule has 0 spiro atoms. The van der Waals surface area contributed by atoms with Gasteiger partial charge in [0.1, 0.15) is 5.52 Å². The van der Waals surface area contributed by atoms with Crippen LogP contribution in [0.5, 0.6) is 0 Å². The Labute approximate surface area is 194 Å². The van der Waals surface area contributed by atoms with Crippen molar-refractivity contribution >= 4 is 63.2 Å². The Hall–Kier alpha value is -2.93. The minimum atomic E-state index is -0.430. The van der Waals surface area contributed by atoms with Gasteiger partial charge in [0.25, 0.3) is 5.91 Å². The van der Waals surface area contributed by atoms with Crippen molar-refractivity contribution in [3.63, 3.8) is 0 Å². The normalized spacial score (nSPS) is 10.8. The van der Waals surface area contributed by atoms with Crippen LogP contribution < -0.4 is 10.6 Å². The van der Waals surface area contributed by atoms with Crippen molar-refractivity contribution in [3.8, 4) is 11.5 Å². The van der Waals surface area contributed by atoms with E-state index in [0.717, 1.165) is 23.1 Å². The summed E-state index contributed by atoms with van der Waals surface area (Å²) in [4.78, 5) is 17.0. The Balaban J connectivity index is 1.49. The number of aromatic nitrogens is 1. The maximum atomic E-state index is 12.4. The first-order valence-corrected chi connectivity index (χ1v) is 10.7. The average molecular weight is 470 g/mol. The monoisotopic (exact) mass is 469 g/mol. The first-order valence-electron chi connectivity index (χ1n) is 9.50. The predicted molar refractivity (Wildman–Crippen MR) is 129 cm³/mol. The Morgan fingerprint density at radius 2 is 1.94 bits per heavy atom. The lowest BCUT2D eigenvalue weighted by atomic mass is 10.1. The van der Waals surface area contributed by atoms with E-state index in [9.17, 15) is 4.79 Å². The zero-order chi connectivity index (χ0) is 22.0. The molecule has 4 rings (SSSR count). The molecule has 0 aliphatic heterocycles. The highest BCUT2D eigenvalue weighted by Gasteiger charge is 2.13. The van der Waals surface area contributed by atoms with Gasteiger partial charge < -0.3 is 9.73 Å². The number of nitrogens with zero attached hydrogens (tertiary/aromatic N) is 1. The summed E-state index contributed by atoms with van der Waals surface area (Å²) in [6.07, 6.45) is 0.932. The number of rotatable bonds is 4. The van der Waals surface area contributed by atoms with Crippen LogP contribution in [0.4, 0.5) is 5.69 Å². The zero-order valence-electron chi connectivity index (χ0n) is 16.4. The molecule has 0 saturated carbocycles. The number of carbonyl (C=O) groups is 1. The van der Waals surface area contributed by atoms with Crippen LogP contribution in [0, 0.1) is 0 Å². The van der Waals surface area contributed by atoms with Crippen molar-refractivity contribution in [2.75, 3.05) is 5.32 Å². The quantitative estimate of drug-likeness (QED) is 0.334. The maximum Gasteiger partial charge on any atom is 0.258 e. The fraction of sp³-hybridized carbons (Fsp3) is 0.0870. The lowest BCUT2D eigenvalue weighted by Crippen LogP contribution is -2.34. The number of oxazole rings is 1. The number of hydrogen-bond donors (Lipinski definition) is 2. The van der Waals surface area contributed by atoms with Crippen molar-refractivity contribution in [1.82, 2.24) is 10.3 Å². The van der Waals surface area contributed by atoms with E-state index in [2.05, 4.69) is 22.5 Å². The van der Waals surface area contributed by atoms with Crippen molar-refractivity contribution in [2.24, 2.45) is 0 Å². The smallest absolute Gasteiger partial charge is 0.258 e. The van der Waals surface area contributed by atoms with Gasteiger partial charge in [0.2, 0.25) is 5.89 Å². The molecule has 0 unspecified atom stereocenters. The second-order valence-corrected chi connectivity index (χ2v) is 8.04. The molecule has 31 heavy (non-hydrogen) atoms. The van der Waals surface area contributed by atoms with Gasteiger partial charge in [0, 0.05) is 16.3 Å². The zero-order valence-corrected chi connectivity index (χ0v) is 18.7. The van der Waals surface area contributed by atoms with E-state index in [1.807, 2.05) is 42.5 Å². The Morgan fingerprint density at radius 1 is 1.10 bits per heavy atom. The van der Waals surface area contributed by atoms with Gasteiger partial charge >= 0.3 is 0 Å². The summed E-state index contributed by atoms with van der Waals surface area (Å²) in [5.74, 6) is 0.0794. The predicted octanol–water partition coefficient (Wildman–Crippen LogP) is 6.49. The van der Waals surface area contributed by atoms with Crippen LogP contribution in [-0.2, 0) is 6.42 Å². The molecule has 5 nitrogen and oxygen atoms in total. The van der Waals surface area contributed by atoms with Crippen LogP contribution in [0.25, 0.3) is 22.6 Å². The second kappa shape index (κ2) is 9.06. The van der Waals surface area contributed by atoms with E-state index in [1.54, 1.807) is 12.1 Å². The van der Waals surface area contributed by atoms with E-state index in [0.29, 0.717) is 16.6 Å². The fourth-order valence-electron chi connectivity index (χ4n) is 3.05. The number of carbonyl (C=O) groups excluding carboxylic acids is 1. The third-order valence-electron chi connectivity index (χ3n) is 4.63. The summed E-state index contributed by atoms with van der Waals surface area (Å²) >= 11 is 17.2. The topological polar surface area (TPSA) is 67.2 Å². The van der Waals surface area contributed by atoms with E-state index in [-0.39, 0.29) is 15.7 Å². The number of hydrogen-bond acceptors (Lipinski definition) is 4. The molecule has 3 aromatic carbocycles.